The van der Waals surface area contributed by atoms with E-state index in [1.165, 1.54) is 28.4 Å². The number of aryl methyl sites for hydroxylation is 1. The van der Waals surface area contributed by atoms with Crippen molar-refractivity contribution in [2.75, 3.05) is 5.43 Å². The molecule has 2 aromatic heterocycles. The summed E-state index contributed by atoms with van der Waals surface area (Å²) in [7, 11) is 0. The van der Waals surface area contributed by atoms with E-state index < -0.39 is 5.95 Å². The summed E-state index contributed by atoms with van der Waals surface area (Å²) in [6.07, 6.45) is 2.84. The molecule has 0 aliphatic carbocycles. The summed E-state index contributed by atoms with van der Waals surface area (Å²) < 4.78 is 16.1. The van der Waals surface area contributed by atoms with Gasteiger partial charge in [-0.1, -0.05) is 28.1 Å². The number of hydrazone groups is 1. The molecule has 0 radical (unpaired) electrons. The second-order valence-corrected chi connectivity index (χ2v) is 6.40. The molecule has 3 aromatic rings. The maximum atomic E-state index is 13.8. The van der Waals surface area contributed by atoms with Crippen molar-refractivity contribution in [2.45, 2.75) is 13.5 Å². The second-order valence-electron chi connectivity index (χ2n) is 4.62. The summed E-state index contributed by atoms with van der Waals surface area (Å²) in [5.41, 5.74) is 5.04. The molecule has 3 rings (SSSR count). The molecule has 23 heavy (non-hydrogen) atoms. The quantitative estimate of drug-likeness (QED) is 0.516. The lowest BCUT2D eigenvalue weighted by molar-refractivity contribution is 0.470. The van der Waals surface area contributed by atoms with Crippen LogP contribution < -0.4 is 5.43 Å². The number of nitrogens with zero attached hydrogens (tertiary/aromatic N) is 4. The Labute approximate surface area is 145 Å². The van der Waals surface area contributed by atoms with E-state index in [1.807, 2.05) is 36.6 Å². The van der Waals surface area contributed by atoms with Crippen LogP contribution in [0, 0.1) is 5.95 Å². The van der Waals surface area contributed by atoms with Crippen molar-refractivity contribution < 1.29 is 4.39 Å². The molecule has 0 amide bonds. The first-order chi connectivity index (χ1) is 11.2. The van der Waals surface area contributed by atoms with Crippen molar-refractivity contribution in [1.29, 1.82) is 0 Å². The standard InChI is InChI=1S/C15H13BrFN5S/c1-2-22-14(17)11(8-19-22)7-18-21-15-20-13(9-23-15)10-3-5-12(16)6-4-10/h3-9H,2H2,1H3,(H,20,21)/b18-7-. The average molecular weight is 394 g/mol. The maximum absolute atomic E-state index is 13.8. The largest absolute Gasteiger partial charge is 0.253 e. The van der Waals surface area contributed by atoms with Crippen LogP contribution in [-0.4, -0.2) is 21.0 Å². The first-order valence-corrected chi connectivity index (χ1v) is 8.56. The Hall–Kier alpha value is -2.06. The third-order valence-electron chi connectivity index (χ3n) is 3.11. The zero-order valence-corrected chi connectivity index (χ0v) is 14.6. The van der Waals surface area contributed by atoms with Gasteiger partial charge in [0, 0.05) is 22.0 Å². The fourth-order valence-electron chi connectivity index (χ4n) is 1.93. The monoisotopic (exact) mass is 393 g/mol. The van der Waals surface area contributed by atoms with E-state index >= 15 is 0 Å². The zero-order valence-electron chi connectivity index (χ0n) is 12.2. The van der Waals surface area contributed by atoms with Crippen LogP contribution in [0.1, 0.15) is 12.5 Å². The van der Waals surface area contributed by atoms with Crippen LogP contribution in [0.3, 0.4) is 0 Å². The zero-order chi connectivity index (χ0) is 16.2. The molecule has 0 saturated heterocycles. The number of benzene rings is 1. The van der Waals surface area contributed by atoms with Crippen LogP contribution in [-0.2, 0) is 6.54 Å². The molecular weight excluding hydrogens is 381 g/mol. The first kappa shape index (κ1) is 15.8. The highest BCUT2D eigenvalue weighted by Crippen LogP contribution is 2.26. The van der Waals surface area contributed by atoms with Gasteiger partial charge in [-0.15, -0.1) is 11.3 Å². The highest BCUT2D eigenvalue weighted by molar-refractivity contribution is 9.10. The van der Waals surface area contributed by atoms with Gasteiger partial charge in [0.25, 0.3) is 0 Å². The van der Waals surface area contributed by atoms with Gasteiger partial charge in [0.05, 0.1) is 23.7 Å². The fourth-order valence-corrected chi connectivity index (χ4v) is 2.86. The molecule has 0 unspecified atom stereocenters. The van der Waals surface area contributed by atoms with E-state index in [-0.39, 0.29) is 0 Å². The number of halogens is 2. The Morgan fingerprint density at radius 2 is 2.17 bits per heavy atom. The summed E-state index contributed by atoms with van der Waals surface area (Å²) in [5, 5.41) is 10.5. The van der Waals surface area contributed by atoms with Gasteiger partial charge in [0.15, 0.2) is 0 Å². The van der Waals surface area contributed by atoms with Gasteiger partial charge >= 0.3 is 0 Å². The van der Waals surface area contributed by atoms with E-state index in [2.05, 4.69) is 36.5 Å². The minimum atomic E-state index is -0.396. The molecule has 2 heterocycles. The Balaban J connectivity index is 1.68. The number of rotatable bonds is 5. The van der Waals surface area contributed by atoms with Crippen molar-refractivity contribution in [3.8, 4) is 11.3 Å². The van der Waals surface area contributed by atoms with E-state index in [4.69, 9.17) is 0 Å². The molecule has 118 valence electrons. The highest BCUT2D eigenvalue weighted by atomic mass is 79.9. The van der Waals surface area contributed by atoms with Crippen LogP contribution in [0.5, 0.6) is 0 Å². The van der Waals surface area contributed by atoms with Crippen molar-refractivity contribution in [3.05, 3.63) is 51.8 Å². The predicted molar refractivity (Wildman–Crippen MR) is 94.3 cm³/mol. The van der Waals surface area contributed by atoms with Crippen LogP contribution in [0.15, 0.2) is 45.4 Å². The topological polar surface area (TPSA) is 55.1 Å². The van der Waals surface area contributed by atoms with Crippen molar-refractivity contribution >= 4 is 38.6 Å². The molecule has 8 heteroatoms. The normalized spacial score (nSPS) is 11.3. The molecule has 1 aromatic carbocycles. The lowest BCUT2D eigenvalue weighted by Crippen LogP contribution is -2.00. The van der Waals surface area contributed by atoms with Crippen molar-refractivity contribution in [3.63, 3.8) is 0 Å². The Kier molecular flexibility index (Phi) is 4.82. The van der Waals surface area contributed by atoms with Crippen molar-refractivity contribution in [1.82, 2.24) is 14.8 Å². The SMILES string of the molecule is CCn1ncc(/C=N\Nc2nc(-c3ccc(Br)cc3)cs2)c1F. The average Bonchev–Trinajstić information content (AvgIpc) is 3.16. The maximum Gasteiger partial charge on any atom is 0.220 e. The summed E-state index contributed by atoms with van der Waals surface area (Å²) in [4.78, 5) is 4.45. The fraction of sp³-hybridized carbons (Fsp3) is 0.133. The summed E-state index contributed by atoms with van der Waals surface area (Å²) >= 11 is 4.84. The molecule has 0 spiro atoms. The number of aromatic nitrogens is 3. The third kappa shape index (κ3) is 3.65. The number of hydrogen-bond donors (Lipinski definition) is 1. The Bertz CT molecular complexity index is 825. The minimum Gasteiger partial charge on any atom is -0.253 e. The summed E-state index contributed by atoms with van der Waals surface area (Å²) in [5.74, 6) is -0.396. The second kappa shape index (κ2) is 7.01. The molecule has 1 N–H and O–H groups in total. The third-order valence-corrected chi connectivity index (χ3v) is 4.38. The van der Waals surface area contributed by atoms with E-state index in [1.54, 1.807) is 0 Å². The Morgan fingerprint density at radius 3 is 2.87 bits per heavy atom. The minimum absolute atomic E-state index is 0.337. The lowest BCUT2D eigenvalue weighted by atomic mass is 10.2. The van der Waals surface area contributed by atoms with Crippen LogP contribution in [0.2, 0.25) is 0 Å². The molecule has 0 bridgehead atoms. The number of thiazole rings is 1. The van der Waals surface area contributed by atoms with E-state index in [0.717, 1.165) is 15.7 Å². The van der Waals surface area contributed by atoms with Crippen LogP contribution in [0.4, 0.5) is 9.52 Å². The van der Waals surface area contributed by atoms with Gasteiger partial charge < -0.3 is 0 Å². The number of anilines is 1. The van der Waals surface area contributed by atoms with Crippen LogP contribution in [0.25, 0.3) is 11.3 Å². The predicted octanol–water partition coefficient (Wildman–Crippen LogP) is 4.37. The molecule has 0 fully saturated rings. The molecule has 0 saturated carbocycles. The van der Waals surface area contributed by atoms with Gasteiger partial charge in [-0.05, 0) is 19.1 Å². The van der Waals surface area contributed by atoms with Crippen LogP contribution >= 0.6 is 27.3 Å². The molecule has 0 aliphatic rings. The Morgan fingerprint density at radius 1 is 1.39 bits per heavy atom. The lowest BCUT2D eigenvalue weighted by Gasteiger charge is -1.96. The molecular formula is C15H13BrFN5S. The number of hydrogen-bond acceptors (Lipinski definition) is 5. The smallest absolute Gasteiger partial charge is 0.220 e. The summed E-state index contributed by atoms with van der Waals surface area (Å²) in [6, 6.07) is 7.91. The van der Waals surface area contributed by atoms with E-state index in [0.29, 0.717) is 17.2 Å². The molecule has 0 aliphatic heterocycles. The number of nitrogens with one attached hydrogen (secondary N) is 1. The molecule has 5 nitrogen and oxygen atoms in total. The van der Waals surface area contributed by atoms with Gasteiger partial charge in [0.1, 0.15) is 0 Å². The first-order valence-electron chi connectivity index (χ1n) is 6.89. The van der Waals surface area contributed by atoms with E-state index in [9.17, 15) is 4.39 Å². The van der Waals surface area contributed by atoms with Gasteiger partial charge in [0.2, 0.25) is 11.1 Å². The van der Waals surface area contributed by atoms with Gasteiger partial charge in [-0.3, -0.25) is 5.43 Å². The van der Waals surface area contributed by atoms with Gasteiger partial charge in [-0.2, -0.15) is 14.6 Å². The van der Waals surface area contributed by atoms with Gasteiger partial charge in [-0.25, -0.2) is 9.67 Å². The summed E-state index contributed by atoms with van der Waals surface area (Å²) in [6.45, 7) is 2.31. The highest BCUT2D eigenvalue weighted by Gasteiger charge is 2.07. The molecule has 0 atom stereocenters. The van der Waals surface area contributed by atoms with Crippen molar-refractivity contribution in [2.24, 2.45) is 5.10 Å².